The van der Waals surface area contributed by atoms with Crippen molar-refractivity contribution >= 4 is 11.6 Å². The van der Waals surface area contributed by atoms with Gasteiger partial charge in [-0.05, 0) is 25.0 Å². The second kappa shape index (κ2) is 4.31. The van der Waals surface area contributed by atoms with Crippen LogP contribution in [0.15, 0.2) is 18.2 Å². The number of ether oxygens (including phenoxy) is 1. The lowest BCUT2D eigenvalue weighted by molar-refractivity contribution is 0.287. The van der Waals surface area contributed by atoms with E-state index < -0.39 is 5.82 Å². The predicted molar refractivity (Wildman–Crippen MR) is 58.8 cm³/mol. The van der Waals surface area contributed by atoms with Crippen molar-refractivity contribution < 1.29 is 9.13 Å². The quantitative estimate of drug-likeness (QED) is 0.805. The average molecular weight is 240 g/mol. The molecule has 0 radical (unpaired) electrons. The van der Waals surface area contributed by atoms with Crippen LogP contribution in [0, 0.1) is 22.6 Å². The normalized spacial score (nSPS) is 16.6. The number of nitrogens with zero attached hydrogens (tertiary/aromatic N) is 1. The summed E-state index contributed by atoms with van der Waals surface area (Å²) in [5.41, 5.74) is -0.183. The molecule has 4 heteroatoms. The molecule has 0 atom stereocenters. The first-order valence-corrected chi connectivity index (χ1v) is 5.52. The van der Waals surface area contributed by atoms with E-state index in [0.717, 1.165) is 12.8 Å². The zero-order valence-electron chi connectivity index (χ0n) is 8.67. The minimum absolute atomic E-state index is 0.183. The molecule has 2 nitrogen and oxygen atoms in total. The van der Waals surface area contributed by atoms with Crippen molar-refractivity contribution in [3.63, 3.8) is 0 Å². The molecule has 0 amide bonds. The maximum Gasteiger partial charge on any atom is 0.128 e. The van der Waals surface area contributed by atoms with Crippen molar-refractivity contribution in [2.45, 2.75) is 19.3 Å². The Balaban J connectivity index is 1.88. The highest BCUT2D eigenvalue weighted by Gasteiger charge is 2.42. The Morgan fingerprint density at radius 3 is 2.75 bits per heavy atom. The third-order valence-corrected chi connectivity index (χ3v) is 2.99. The van der Waals surface area contributed by atoms with E-state index in [9.17, 15) is 4.39 Å². The average Bonchev–Trinajstić information content (AvgIpc) is 2.97. The lowest BCUT2D eigenvalue weighted by Gasteiger charge is -2.08. The van der Waals surface area contributed by atoms with Gasteiger partial charge in [0.15, 0.2) is 0 Å². The molecule has 84 valence electrons. The van der Waals surface area contributed by atoms with Gasteiger partial charge < -0.3 is 4.74 Å². The summed E-state index contributed by atoms with van der Waals surface area (Å²) in [6.07, 6.45) is 2.57. The van der Waals surface area contributed by atoms with Crippen LogP contribution in [0.1, 0.15) is 19.3 Å². The number of benzene rings is 1. The molecule has 1 aromatic carbocycles. The van der Waals surface area contributed by atoms with Gasteiger partial charge in [-0.3, -0.25) is 0 Å². The lowest BCUT2D eigenvalue weighted by Crippen LogP contribution is -2.05. The lowest BCUT2D eigenvalue weighted by atomic mass is 10.1. The Hall–Kier alpha value is -1.27. The van der Waals surface area contributed by atoms with E-state index in [-0.39, 0.29) is 5.41 Å². The summed E-state index contributed by atoms with van der Waals surface area (Å²) in [7, 11) is 0. The summed E-state index contributed by atoms with van der Waals surface area (Å²) in [5, 5.41) is 9.17. The molecule has 1 saturated carbocycles. The van der Waals surface area contributed by atoms with Gasteiger partial charge in [-0.15, -0.1) is 0 Å². The maximum absolute atomic E-state index is 13.0. The first kappa shape index (κ1) is 11.2. The highest BCUT2D eigenvalue weighted by Crippen LogP contribution is 2.47. The van der Waals surface area contributed by atoms with Crippen LogP contribution in [0.4, 0.5) is 4.39 Å². The highest BCUT2D eigenvalue weighted by atomic mass is 35.5. The summed E-state index contributed by atoms with van der Waals surface area (Å²) >= 11 is 5.69. The van der Waals surface area contributed by atoms with E-state index >= 15 is 0 Å². The van der Waals surface area contributed by atoms with E-state index in [2.05, 4.69) is 6.07 Å². The summed E-state index contributed by atoms with van der Waals surface area (Å²) < 4.78 is 18.3. The third-order valence-electron chi connectivity index (χ3n) is 2.78. The Labute approximate surface area is 98.6 Å². The van der Waals surface area contributed by atoms with E-state index in [1.165, 1.54) is 12.1 Å². The van der Waals surface area contributed by atoms with Gasteiger partial charge in [-0.25, -0.2) is 4.39 Å². The molecule has 1 aliphatic rings. The molecule has 0 bridgehead atoms. The standard InChI is InChI=1S/C12H11ClFNO/c13-9-5-10(14)7-11(6-9)16-4-3-12(8-15)1-2-12/h5-7H,1-4H2. The van der Waals surface area contributed by atoms with Gasteiger partial charge in [-0.1, -0.05) is 11.6 Å². The number of rotatable bonds is 4. The smallest absolute Gasteiger partial charge is 0.128 e. The van der Waals surface area contributed by atoms with Gasteiger partial charge in [0, 0.05) is 17.5 Å². The molecule has 1 fully saturated rings. The molecular formula is C12H11ClFNO. The van der Waals surface area contributed by atoms with E-state index in [1.54, 1.807) is 6.07 Å². The SMILES string of the molecule is N#CC1(CCOc2cc(F)cc(Cl)c2)CC1. The molecular weight excluding hydrogens is 229 g/mol. The van der Waals surface area contributed by atoms with E-state index in [0.29, 0.717) is 23.8 Å². The molecule has 2 rings (SSSR count). The topological polar surface area (TPSA) is 33.0 Å². The first-order valence-electron chi connectivity index (χ1n) is 5.14. The number of hydrogen-bond acceptors (Lipinski definition) is 2. The van der Waals surface area contributed by atoms with Crippen LogP contribution in [-0.4, -0.2) is 6.61 Å². The molecule has 0 saturated heterocycles. The largest absolute Gasteiger partial charge is 0.493 e. The summed E-state index contributed by atoms with van der Waals surface area (Å²) in [5.74, 6) is 0.00246. The fraction of sp³-hybridized carbons (Fsp3) is 0.417. The fourth-order valence-electron chi connectivity index (χ4n) is 1.54. The summed E-state index contributed by atoms with van der Waals surface area (Å²) in [6.45, 7) is 0.424. The van der Waals surface area contributed by atoms with E-state index in [4.69, 9.17) is 21.6 Å². The molecule has 0 heterocycles. The van der Waals surface area contributed by atoms with Crippen molar-refractivity contribution in [1.82, 2.24) is 0 Å². The molecule has 0 aliphatic heterocycles. The van der Waals surface area contributed by atoms with Gasteiger partial charge in [0.2, 0.25) is 0 Å². The van der Waals surface area contributed by atoms with Crippen LogP contribution in [0.5, 0.6) is 5.75 Å². The number of hydrogen-bond donors (Lipinski definition) is 0. The van der Waals surface area contributed by atoms with Crippen LogP contribution < -0.4 is 4.74 Å². The minimum atomic E-state index is -0.413. The van der Waals surface area contributed by atoms with Gasteiger partial charge in [0.05, 0.1) is 18.1 Å². The van der Waals surface area contributed by atoms with Crippen molar-refractivity contribution in [1.29, 1.82) is 5.26 Å². The van der Waals surface area contributed by atoms with Crippen LogP contribution in [0.2, 0.25) is 5.02 Å². The van der Waals surface area contributed by atoms with Crippen molar-refractivity contribution in [3.8, 4) is 11.8 Å². The predicted octanol–water partition coefficient (Wildman–Crippen LogP) is 3.55. The second-order valence-electron chi connectivity index (χ2n) is 4.10. The Kier molecular flexibility index (Phi) is 3.02. The van der Waals surface area contributed by atoms with Gasteiger partial charge >= 0.3 is 0 Å². The van der Waals surface area contributed by atoms with Crippen LogP contribution in [0.3, 0.4) is 0 Å². The number of nitriles is 1. The monoisotopic (exact) mass is 239 g/mol. The van der Waals surface area contributed by atoms with E-state index in [1.807, 2.05) is 0 Å². The third kappa shape index (κ3) is 2.65. The van der Waals surface area contributed by atoms with Crippen LogP contribution in [0.25, 0.3) is 0 Å². The maximum atomic E-state index is 13.0. The zero-order valence-corrected chi connectivity index (χ0v) is 9.43. The Morgan fingerprint density at radius 1 is 1.44 bits per heavy atom. The molecule has 0 aromatic heterocycles. The van der Waals surface area contributed by atoms with Crippen molar-refractivity contribution in [3.05, 3.63) is 29.0 Å². The fourth-order valence-corrected chi connectivity index (χ4v) is 1.76. The Bertz CT molecular complexity index is 417. The minimum Gasteiger partial charge on any atom is -0.493 e. The molecule has 0 spiro atoms. The first-order chi connectivity index (χ1) is 7.63. The van der Waals surface area contributed by atoms with Gasteiger partial charge in [0.25, 0.3) is 0 Å². The molecule has 1 aliphatic carbocycles. The second-order valence-corrected chi connectivity index (χ2v) is 4.53. The van der Waals surface area contributed by atoms with Crippen molar-refractivity contribution in [2.75, 3.05) is 6.61 Å². The number of halogens is 2. The summed E-state index contributed by atoms with van der Waals surface area (Å²) in [4.78, 5) is 0. The molecule has 1 aromatic rings. The highest BCUT2D eigenvalue weighted by molar-refractivity contribution is 6.30. The Morgan fingerprint density at radius 2 is 2.19 bits per heavy atom. The van der Waals surface area contributed by atoms with Crippen molar-refractivity contribution in [2.24, 2.45) is 5.41 Å². The van der Waals surface area contributed by atoms with Gasteiger partial charge in [-0.2, -0.15) is 5.26 Å². The van der Waals surface area contributed by atoms with Crippen LogP contribution in [-0.2, 0) is 0 Å². The zero-order chi connectivity index (χ0) is 11.6. The molecule has 16 heavy (non-hydrogen) atoms. The summed E-state index contributed by atoms with van der Waals surface area (Å²) in [6, 6.07) is 6.37. The van der Waals surface area contributed by atoms with Crippen LogP contribution >= 0.6 is 11.6 Å². The van der Waals surface area contributed by atoms with Gasteiger partial charge in [0.1, 0.15) is 11.6 Å². The molecule has 0 unspecified atom stereocenters. The molecule has 0 N–H and O–H groups in total.